The van der Waals surface area contributed by atoms with Crippen LogP contribution in [0.4, 0.5) is 11.4 Å². The highest BCUT2D eigenvalue weighted by Gasteiger charge is 2.18. The van der Waals surface area contributed by atoms with Crippen LogP contribution in [0.15, 0.2) is 42.5 Å². The largest absolute Gasteiger partial charge is 0.489 e. The van der Waals surface area contributed by atoms with Crippen LogP contribution in [0.25, 0.3) is 0 Å². The number of nitrogens with two attached hydrogens (primary N) is 1. The van der Waals surface area contributed by atoms with E-state index < -0.39 is 0 Å². The van der Waals surface area contributed by atoms with Crippen LogP contribution in [0.2, 0.25) is 0 Å². The van der Waals surface area contributed by atoms with Gasteiger partial charge in [0.1, 0.15) is 24.2 Å². The van der Waals surface area contributed by atoms with Crippen LogP contribution < -0.4 is 25.8 Å². The topological polar surface area (TPSA) is 102 Å². The highest BCUT2D eigenvalue weighted by atomic mass is 16.5. The summed E-state index contributed by atoms with van der Waals surface area (Å²) in [6.45, 7) is 5.71. The van der Waals surface area contributed by atoms with E-state index in [9.17, 15) is 0 Å². The molecule has 1 fully saturated rings. The Morgan fingerprint density at radius 3 is 2.72 bits per heavy atom. The number of rotatable bonds is 7. The van der Waals surface area contributed by atoms with Crippen molar-refractivity contribution in [2.45, 2.75) is 45.4 Å². The summed E-state index contributed by atoms with van der Waals surface area (Å²) in [4.78, 5) is 0. The van der Waals surface area contributed by atoms with Gasteiger partial charge in [0.05, 0.1) is 6.61 Å². The van der Waals surface area contributed by atoms with Gasteiger partial charge in [0.15, 0.2) is 5.96 Å². The molecule has 0 amide bonds. The number of hydrogen-bond donors (Lipinski definition) is 4. The Bertz CT molecular complexity index is 802. The lowest BCUT2D eigenvalue weighted by Gasteiger charge is -2.25. The number of nitrogen functional groups attached to an aromatic ring is 1. The van der Waals surface area contributed by atoms with E-state index >= 15 is 0 Å². The van der Waals surface area contributed by atoms with Crippen LogP contribution in [0.1, 0.15) is 32.3 Å². The lowest BCUT2D eigenvalue weighted by Crippen LogP contribution is -2.34. The first kappa shape index (κ1) is 20.8. The molecule has 0 aromatic heterocycles. The van der Waals surface area contributed by atoms with E-state index in [2.05, 4.69) is 10.6 Å². The summed E-state index contributed by atoms with van der Waals surface area (Å²) in [6, 6.07) is 13.3. The third kappa shape index (κ3) is 6.57. The Balaban J connectivity index is 1.74. The van der Waals surface area contributed by atoms with Gasteiger partial charge in [-0.05, 0) is 69.2 Å². The van der Waals surface area contributed by atoms with Gasteiger partial charge in [0.25, 0.3) is 0 Å². The number of benzene rings is 2. The zero-order valence-electron chi connectivity index (χ0n) is 17.0. The Morgan fingerprint density at radius 1 is 1.24 bits per heavy atom. The van der Waals surface area contributed by atoms with Crippen molar-refractivity contribution in [3.05, 3.63) is 48.0 Å². The second-order valence-electron chi connectivity index (χ2n) is 7.44. The van der Waals surface area contributed by atoms with Crippen LogP contribution >= 0.6 is 0 Å². The van der Waals surface area contributed by atoms with E-state index in [1.807, 2.05) is 56.3 Å². The van der Waals surface area contributed by atoms with Crippen molar-refractivity contribution in [3.63, 3.8) is 0 Å². The summed E-state index contributed by atoms with van der Waals surface area (Å²) >= 11 is 0. The van der Waals surface area contributed by atoms with E-state index in [1.54, 1.807) is 0 Å². The normalized spacial score (nSPS) is 16.3. The van der Waals surface area contributed by atoms with E-state index in [4.69, 9.17) is 25.4 Å². The molecule has 2 aromatic carbocycles. The molecule has 1 saturated heterocycles. The van der Waals surface area contributed by atoms with Crippen molar-refractivity contribution in [1.29, 1.82) is 5.41 Å². The van der Waals surface area contributed by atoms with Crippen molar-refractivity contribution in [2.75, 3.05) is 24.3 Å². The Hall–Kier alpha value is -2.93. The maximum atomic E-state index is 8.03. The number of anilines is 2. The van der Waals surface area contributed by atoms with Crippen LogP contribution in [-0.2, 0) is 11.3 Å². The molecule has 1 atom stereocenters. The van der Waals surface area contributed by atoms with Crippen LogP contribution in [0, 0.1) is 5.41 Å². The van der Waals surface area contributed by atoms with Gasteiger partial charge in [-0.3, -0.25) is 5.41 Å². The summed E-state index contributed by atoms with van der Waals surface area (Å²) in [7, 11) is 0. The summed E-state index contributed by atoms with van der Waals surface area (Å²) in [6.07, 6.45) is 2.01. The number of ether oxygens (including phenoxy) is 3. The number of hydrogen-bond acceptors (Lipinski definition) is 5. The SMILES string of the molecule is CC(C)NC(=N)Nc1ccc(OC2CCCOC2)c(COc2ccc(N)cc2)c1. The Kier molecular flexibility index (Phi) is 7.19. The van der Waals surface area contributed by atoms with Crippen LogP contribution in [0.3, 0.4) is 0 Å². The molecule has 29 heavy (non-hydrogen) atoms. The van der Waals surface area contributed by atoms with Crippen molar-refractivity contribution < 1.29 is 14.2 Å². The molecular formula is C22H30N4O3. The van der Waals surface area contributed by atoms with Crippen molar-refractivity contribution >= 4 is 17.3 Å². The fraction of sp³-hybridized carbons (Fsp3) is 0.409. The molecule has 7 heteroatoms. The molecule has 0 spiro atoms. The van der Waals surface area contributed by atoms with Gasteiger partial charge in [0, 0.05) is 29.6 Å². The van der Waals surface area contributed by atoms with Crippen LogP contribution in [-0.4, -0.2) is 31.3 Å². The fourth-order valence-electron chi connectivity index (χ4n) is 3.06. The van der Waals surface area contributed by atoms with Crippen molar-refractivity contribution in [1.82, 2.24) is 5.32 Å². The Labute approximate surface area is 172 Å². The first-order chi connectivity index (χ1) is 14.0. The maximum absolute atomic E-state index is 8.03. The molecule has 1 heterocycles. The fourth-order valence-corrected chi connectivity index (χ4v) is 3.06. The third-order valence-corrected chi connectivity index (χ3v) is 4.45. The van der Waals surface area contributed by atoms with Gasteiger partial charge >= 0.3 is 0 Å². The average molecular weight is 399 g/mol. The molecule has 7 nitrogen and oxygen atoms in total. The quantitative estimate of drug-likeness (QED) is 0.322. The van der Waals surface area contributed by atoms with Gasteiger partial charge in [0.2, 0.25) is 0 Å². The molecule has 1 unspecified atom stereocenters. The van der Waals surface area contributed by atoms with Gasteiger partial charge in [-0.2, -0.15) is 0 Å². The van der Waals surface area contributed by atoms with E-state index in [0.29, 0.717) is 18.9 Å². The predicted molar refractivity (Wildman–Crippen MR) is 116 cm³/mol. The van der Waals surface area contributed by atoms with Gasteiger partial charge in [-0.15, -0.1) is 0 Å². The monoisotopic (exact) mass is 398 g/mol. The first-order valence-corrected chi connectivity index (χ1v) is 9.97. The summed E-state index contributed by atoms with van der Waals surface area (Å²) in [5.74, 6) is 1.75. The minimum Gasteiger partial charge on any atom is -0.489 e. The predicted octanol–water partition coefficient (Wildman–Crippen LogP) is 3.75. The van der Waals surface area contributed by atoms with Gasteiger partial charge in [-0.1, -0.05) is 0 Å². The lowest BCUT2D eigenvalue weighted by atomic mass is 10.1. The maximum Gasteiger partial charge on any atom is 0.193 e. The molecule has 0 radical (unpaired) electrons. The summed E-state index contributed by atoms with van der Waals surface area (Å²) < 4.78 is 17.7. The van der Waals surface area contributed by atoms with Gasteiger partial charge < -0.3 is 30.6 Å². The average Bonchev–Trinajstić information content (AvgIpc) is 2.69. The minimum absolute atomic E-state index is 0.0405. The molecule has 1 aliphatic rings. The molecule has 0 bridgehead atoms. The summed E-state index contributed by atoms with van der Waals surface area (Å²) in [5.41, 5.74) is 8.13. The van der Waals surface area contributed by atoms with Crippen molar-refractivity contribution in [2.24, 2.45) is 0 Å². The van der Waals surface area contributed by atoms with Crippen molar-refractivity contribution in [3.8, 4) is 11.5 Å². The lowest BCUT2D eigenvalue weighted by molar-refractivity contribution is 0.00670. The smallest absolute Gasteiger partial charge is 0.193 e. The molecule has 156 valence electrons. The molecule has 5 N–H and O–H groups in total. The number of guanidine groups is 1. The standard InChI is InChI=1S/C22H30N4O3/c1-15(2)25-22(24)26-18-7-10-21(29-20-4-3-11-27-14-20)16(12-18)13-28-19-8-5-17(23)6-9-19/h5-10,12,15,20H,3-4,11,13-14,23H2,1-2H3,(H3,24,25,26). The third-order valence-electron chi connectivity index (χ3n) is 4.45. The number of nitrogens with one attached hydrogen (secondary N) is 3. The van der Waals surface area contributed by atoms with Gasteiger partial charge in [-0.25, -0.2) is 0 Å². The second-order valence-corrected chi connectivity index (χ2v) is 7.44. The van der Waals surface area contributed by atoms with E-state index in [-0.39, 0.29) is 18.1 Å². The minimum atomic E-state index is 0.0405. The second kappa shape index (κ2) is 10.0. The molecule has 0 aliphatic carbocycles. The van der Waals surface area contributed by atoms with E-state index in [1.165, 1.54) is 0 Å². The molecule has 0 saturated carbocycles. The Morgan fingerprint density at radius 2 is 2.03 bits per heavy atom. The molecule has 3 rings (SSSR count). The summed E-state index contributed by atoms with van der Waals surface area (Å²) in [5, 5.41) is 14.1. The highest BCUT2D eigenvalue weighted by Crippen LogP contribution is 2.27. The molecule has 1 aliphatic heterocycles. The van der Waals surface area contributed by atoms with Crippen LogP contribution in [0.5, 0.6) is 11.5 Å². The molecular weight excluding hydrogens is 368 g/mol. The molecule has 2 aromatic rings. The zero-order chi connectivity index (χ0) is 20.6. The highest BCUT2D eigenvalue weighted by molar-refractivity contribution is 5.91. The zero-order valence-corrected chi connectivity index (χ0v) is 17.0. The first-order valence-electron chi connectivity index (χ1n) is 9.97. The van der Waals surface area contributed by atoms with E-state index in [0.717, 1.165) is 42.2 Å².